The number of nitrogens with one attached hydrogen (secondary N) is 2. The van der Waals surface area contributed by atoms with Crippen LogP contribution < -0.4 is 10.6 Å². The summed E-state index contributed by atoms with van der Waals surface area (Å²) in [6.07, 6.45) is 2.53. The minimum absolute atomic E-state index is 0.0509. The lowest BCUT2D eigenvalue weighted by atomic mass is 9.84. The van der Waals surface area contributed by atoms with Crippen molar-refractivity contribution in [2.45, 2.75) is 70.9 Å². The van der Waals surface area contributed by atoms with Gasteiger partial charge < -0.3 is 24.8 Å². The number of carbonyl (C=O) groups excluding carboxylic acids is 3. The summed E-state index contributed by atoms with van der Waals surface area (Å²) < 4.78 is 7.43. The van der Waals surface area contributed by atoms with Crippen LogP contribution in [0.1, 0.15) is 68.9 Å². The lowest BCUT2D eigenvalue weighted by molar-refractivity contribution is -0.120. The van der Waals surface area contributed by atoms with Gasteiger partial charge in [-0.25, -0.2) is 4.79 Å². The van der Waals surface area contributed by atoms with Gasteiger partial charge in [0.05, 0.1) is 10.6 Å². The monoisotopic (exact) mass is 504 g/mol. The topological polar surface area (TPSA) is 92.7 Å². The van der Waals surface area contributed by atoms with Crippen molar-refractivity contribution < 1.29 is 19.1 Å². The fourth-order valence-electron chi connectivity index (χ4n) is 4.70. The van der Waals surface area contributed by atoms with Crippen molar-refractivity contribution in [1.82, 2.24) is 20.1 Å². The van der Waals surface area contributed by atoms with Crippen molar-refractivity contribution in [3.8, 4) is 0 Å². The number of hydrogen-bond donors (Lipinski definition) is 2. The van der Waals surface area contributed by atoms with Crippen LogP contribution in [-0.4, -0.2) is 58.7 Å². The van der Waals surface area contributed by atoms with E-state index in [1.54, 1.807) is 11.9 Å². The molecule has 1 atom stereocenters. The van der Waals surface area contributed by atoms with Gasteiger partial charge >= 0.3 is 6.09 Å². The Hall–Kier alpha value is -2.74. The lowest BCUT2D eigenvalue weighted by Gasteiger charge is -2.43. The van der Waals surface area contributed by atoms with Gasteiger partial charge in [0.2, 0.25) is 5.91 Å². The van der Waals surface area contributed by atoms with Gasteiger partial charge in [-0.1, -0.05) is 17.7 Å². The molecular formula is C26H37ClN4O4. The van der Waals surface area contributed by atoms with E-state index in [-0.39, 0.29) is 11.8 Å². The van der Waals surface area contributed by atoms with Crippen LogP contribution in [0.2, 0.25) is 5.02 Å². The molecule has 3 amide bonds. The van der Waals surface area contributed by atoms with E-state index in [9.17, 15) is 14.4 Å². The Morgan fingerprint density at radius 2 is 1.94 bits per heavy atom. The number of ether oxygens (including phenoxy) is 1. The Bertz CT molecular complexity index is 1120. The van der Waals surface area contributed by atoms with Crippen molar-refractivity contribution in [2.75, 3.05) is 20.1 Å². The zero-order valence-corrected chi connectivity index (χ0v) is 22.3. The van der Waals surface area contributed by atoms with Crippen LogP contribution in [0.4, 0.5) is 4.79 Å². The molecule has 1 unspecified atom stereocenters. The number of halogens is 1. The van der Waals surface area contributed by atoms with E-state index in [0.717, 1.165) is 22.9 Å². The number of hydrogen-bond acceptors (Lipinski definition) is 4. The second-order valence-corrected chi connectivity index (χ2v) is 10.9. The van der Waals surface area contributed by atoms with Crippen LogP contribution in [0, 0.1) is 6.92 Å². The number of benzene rings is 1. The highest BCUT2D eigenvalue weighted by Crippen LogP contribution is 2.31. The molecule has 35 heavy (non-hydrogen) atoms. The van der Waals surface area contributed by atoms with Crippen LogP contribution in [-0.2, 0) is 16.6 Å². The highest BCUT2D eigenvalue weighted by atomic mass is 35.5. The molecule has 192 valence electrons. The predicted octanol–water partition coefficient (Wildman–Crippen LogP) is 4.56. The molecule has 2 heterocycles. The van der Waals surface area contributed by atoms with Gasteiger partial charge in [-0.15, -0.1) is 0 Å². The first-order valence-electron chi connectivity index (χ1n) is 12.1. The van der Waals surface area contributed by atoms with E-state index < -0.39 is 17.2 Å². The van der Waals surface area contributed by atoms with E-state index in [4.69, 9.17) is 16.3 Å². The molecule has 2 aromatic rings. The second-order valence-electron chi connectivity index (χ2n) is 10.5. The Kier molecular flexibility index (Phi) is 8.04. The SMILES string of the molecule is CNC(=O)CCCC1(NC(=O)c2cc3c(Cl)c(C)ccc3n2C)CCCN(C(=O)OC(C)(C)C)C1. The summed E-state index contributed by atoms with van der Waals surface area (Å²) in [6, 6.07) is 5.70. The number of rotatable bonds is 6. The number of nitrogens with zero attached hydrogens (tertiary/aromatic N) is 2. The Balaban J connectivity index is 1.88. The Morgan fingerprint density at radius 3 is 2.60 bits per heavy atom. The van der Waals surface area contributed by atoms with Crippen LogP contribution in [0.25, 0.3) is 10.9 Å². The lowest BCUT2D eigenvalue weighted by Crippen LogP contribution is -2.60. The van der Waals surface area contributed by atoms with Crippen molar-refractivity contribution in [3.63, 3.8) is 0 Å². The maximum Gasteiger partial charge on any atom is 0.410 e. The predicted molar refractivity (Wildman–Crippen MR) is 138 cm³/mol. The molecule has 0 radical (unpaired) electrons. The molecule has 0 aliphatic carbocycles. The number of fused-ring (bicyclic) bond motifs is 1. The number of likely N-dealkylation sites (tertiary alicyclic amines) is 1. The molecule has 1 fully saturated rings. The molecule has 0 saturated carbocycles. The first kappa shape index (κ1) is 26.9. The zero-order valence-electron chi connectivity index (χ0n) is 21.6. The molecule has 1 aromatic carbocycles. The minimum Gasteiger partial charge on any atom is -0.444 e. The quantitative estimate of drug-likeness (QED) is 0.603. The fourth-order valence-corrected chi connectivity index (χ4v) is 4.92. The van der Waals surface area contributed by atoms with E-state index in [0.29, 0.717) is 49.5 Å². The molecule has 1 aromatic heterocycles. The van der Waals surface area contributed by atoms with Crippen molar-refractivity contribution in [2.24, 2.45) is 7.05 Å². The second kappa shape index (κ2) is 10.5. The first-order valence-corrected chi connectivity index (χ1v) is 12.5. The molecule has 2 N–H and O–H groups in total. The van der Waals surface area contributed by atoms with Gasteiger partial charge in [0.25, 0.3) is 5.91 Å². The van der Waals surface area contributed by atoms with Crippen molar-refractivity contribution >= 4 is 40.4 Å². The summed E-state index contributed by atoms with van der Waals surface area (Å²) in [4.78, 5) is 39.9. The summed E-state index contributed by atoms with van der Waals surface area (Å²) in [5.41, 5.74) is 1.03. The number of piperidine rings is 1. The van der Waals surface area contributed by atoms with E-state index in [1.807, 2.05) is 57.5 Å². The Morgan fingerprint density at radius 1 is 1.23 bits per heavy atom. The third kappa shape index (κ3) is 6.28. The number of aromatic nitrogens is 1. The maximum atomic E-state index is 13.6. The number of carbonyl (C=O) groups is 3. The van der Waals surface area contributed by atoms with Crippen molar-refractivity contribution in [1.29, 1.82) is 0 Å². The highest BCUT2D eigenvalue weighted by molar-refractivity contribution is 6.36. The molecule has 1 aliphatic heterocycles. The third-order valence-corrected chi connectivity index (χ3v) is 7.03. The molecule has 1 aliphatic rings. The van der Waals surface area contributed by atoms with Gasteiger partial charge in [0.15, 0.2) is 0 Å². The number of amides is 3. The Labute approximate surface area is 212 Å². The normalized spacial score (nSPS) is 18.4. The minimum atomic E-state index is -0.670. The van der Waals surface area contributed by atoms with Crippen LogP contribution in [0.3, 0.4) is 0 Å². The van der Waals surface area contributed by atoms with Crippen LogP contribution >= 0.6 is 11.6 Å². The molecule has 3 rings (SSSR count). The van der Waals surface area contributed by atoms with Crippen LogP contribution in [0.5, 0.6) is 0 Å². The maximum absolute atomic E-state index is 13.6. The first-order chi connectivity index (χ1) is 16.4. The van der Waals surface area contributed by atoms with E-state index in [1.165, 1.54) is 0 Å². The molecule has 8 nitrogen and oxygen atoms in total. The zero-order chi connectivity index (χ0) is 26.0. The molecular weight excluding hydrogens is 468 g/mol. The van der Waals surface area contributed by atoms with E-state index >= 15 is 0 Å². The summed E-state index contributed by atoms with van der Waals surface area (Å²) in [5, 5.41) is 7.34. The van der Waals surface area contributed by atoms with Gasteiger partial charge in [-0.2, -0.15) is 0 Å². The van der Waals surface area contributed by atoms with E-state index in [2.05, 4.69) is 10.6 Å². The number of aryl methyl sites for hydroxylation is 2. The summed E-state index contributed by atoms with van der Waals surface area (Å²) >= 11 is 6.51. The molecule has 0 spiro atoms. The summed E-state index contributed by atoms with van der Waals surface area (Å²) in [7, 11) is 3.45. The third-order valence-electron chi connectivity index (χ3n) is 6.53. The van der Waals surface area contributed by atoms with Gasteiger partial charge in [-0.05, 0) is 71.1 Å². The van der Waals surface area contributed by atoms with Gasteiger partial charge in [0.1, 0.15) is 11.3 Å². The van der Waals surface area contributed by atoms with Crippen LogP contribution in [0.15, 0.2) is 18.2 Å². The molecule has 1 saturated heterocycles. The summed E-state index contributed by atoms with van der Waals surface area (Å²) in [5.74, 6) is -0.284. The fraction of sp³-hybridized carbons (Fsp3) is 0.577. The smallest absolute Gasteiger partial charge is 0.410 e. The average molecular weight is 505 g/mol. The molecule has 9 heteroatoms. The largest absolute Gasteiger partial charge is 0.444 e. The molecule has 0 bridgehead atoms. The van der Waals surface area contributed by atoms with Gasteiger partial charge in [0, 0.05) is 44.5 Å². The summed E-state index contributed by atoms with van der Waals surface area (Å²) in [6.45, 7) is 8.32. The van der Waals surface area contributed by atoms with Crippen molar-refractivity contribution in [3.05, 3.63) is 34.5 Å². The van der Waals surface area contributed by atoms with Gasteiger partial charge in [-0.3, -0.25) is 9.59 Å². The highest BCUT2D eigenvalue weighted by Gasteiger charge is 2.40. The average Bonchev–Trinajstić information content (AvgIpc) is 3.12. The standard InChI is InChI=1S/C26H37ClN4O4/c1-17-10-11-19-18(22(17)27)15-20(30(19)6)23(33)29-26(12-7-9-21(32)28-5)13-8-14-31(16-26)24(34)35-25(2,3)4/h10-11,15H,7-9,12-14,16H2,1-6H3,(H,28,32)(H,29,33).